The number of ether oxygens (including phenoxy) is 1. The van der Waals surface area contributed by atoms with E-state index in [-0.39, 0.29) is 0 Å². The Kier molecular flexibility index (Phi) is 6.42. The number of rotatable bonds is 6. The van der Waals surface area contributed by atoms with Crippen LogP contribution in [0.3, 0.4) is 0 Å². The lowest BCUT2D eigenvalue weighted by Gasteiger charge is -2.35. The van der Waals surface area contributed by atoms with Crippen molar-refractivity contribution in [3.8, 4) is 17.0 Å². The third kappa shape index (κ3) is 4.64. The van der Waals surface area contributed by atoms with Gasteiger partial charge < -0.3 is 15.0 Å². The van der Waals surface area contributed by atoms with Crippen molar-refractivity contribution in [2.45, 2.75) is 51.0 Å². The van der Waals surface area contributed by atoms with Crippen LogP contribution in [0.25, 0.3) is 11.3 Å². The number of hydrogen-bond acceptors (Lipinski definition) is 5. The maximum absolute atomic E-state index is 5.45. The topological polar surface area (TPSA) is 50.3 Å². The summed E-state index contributed by atoms with van der Waals surface area (Å²) in [7, 11) is 1.69. The van der Waals surface area contributed by atoms with Crippen LogP contribution in [0.1, 0.15) is 44.9 Å². The van der Waals surface area contributed by atoms with E-state index in [1.165, 1.54) is 51.5 Å². The molecule has 1 saturated heterocycles. The van der Waals surface area contributed by atoms with E-state index >= 15 is 0 Å². The zero-order valence-corrected chi connectivity index (χ0v) is 16.9. The van der Waals surface area contributed by atoms with E-state index in [1.54, 1.807) is 7.11 Å². The molecule has 150 valence electrons. The van der Waals surface area contributed by atoms with Gasteiger partial charge in [0.1, 0.15) is 5.75 Å². The van der Waals surface area contributed by atoms with Crippen LogP contribution in [0.5, 0.6) is 5.75 Å². The molecule has 1 N–H and O–H groups in total. The molecular weight excluding hydrogens is 348 g/mol. The molecule has 0 radical (unpaired) electrons. The molecule has 1 aromatic carbocycles. The van der Waals surface area contributed by atoms with Gasteiger partial charge in [-0.1, -0.05) is 31.4 Å². The number of nitrogens with zero attached hydrogens (tertiary/aromatic N) is 3. The normalized spacial score (nSPS) is 20.9. The van der Waals surface area contributed by atoms with E-state index in [9.17, 15) is 0 Å². The Morgan fingerprint density at radius 1 is 1.00 bits per heavy atom. The van der Waals surface area contributed by atoms with E-state index in [0.717, 1.165) is 41.8 Å². The van der Waals surface area contributed by atoms with Crippen LogP contribution in [-0.2, 0) is 0 Å². The van der Waals surface area contributed by atoms with Gasteiger partial charge in [0, 0.05) is 24.7 Å². The van der Waals surface area contributed by atoms with Gasteiger partial charge in [0.15, 0.2) is 5.82 Å². The molecule has 2 aromatic rings. The molecule has 1 aromatic heterocycles. The summed E-state index contributed by atoms with van der Waals surface area (Å²) >= 11 is 0. The van der Waals surface area contributed by atoms with Gasteiger partial charge in [-0.3, -0.25) is 0 Å². The van der Waals surface area contributed by atoms with E-state index in [0.29, 0.717) is 6.04 Å². The number of piperidine rings is 1. The maximum Gasteiger partial charge on any atom is 0.151 e. The van der Waals surface area contributed by atoms with Gasteiger partial charge in [-0.2, -0.15) is 0 Å². The lowest BCUT2D eigenvalue weighted by atomic mass is 9.89. The molecule has 1 aliphatic heterocycles. The van der Waals surface area contributed by atoms with E-state index < -0.39 is 0 Å². The minimum absolute atomic E-state index is 0.561. The van der Waals surface area contributed by atoms with E-state index in [1.807, 2.05) is 24.3 Å². The first-order valence-corrected chi connectivity index (χ1v) is 10.8. The molecule has 2 aliphatic rings. The molecule has 5 nitrogen and oxygen atoms in total. The average Bonchev–Trinajstić information content (AvgIpc) is 2.79. The lowest BCUT2D eigenvalue weighted by Crippen LogP contribution is -2.47. The number of para-hydroxylation sites is 1. The van der Waals surface area contributed by atoms with Gasteiger partial charge in [0.05, 0.1) is 12.8 Å². The van der Waals surface area contributed by atoms with Gasteiger partial charge in [-0.15, -0.1) is 10.2 Å². The highest BCUT2D eigenvalue weighted by Crippen LogP contribution is 2.29. The summed E-state index contributed by atoms with van der Waals surface area (Å²) < 4.78 is 5.45. The summed E-state index contributed by atoms with van der Waals surface area (Å²) in [5.74, 6) is 2.68. The minimum atomic E-state index is 0.561. The molecular formula is C23H32N4O. The third-order valence-corrected chi connectivity index (χ3v) is 6.20. The second-order valence-corrected chi connectivity index (χ2v) is 8.17. The largest absolute Gasteiger partial charge is 0.496 e. The number of aromatic nitrogens is 2. The summed E-state index contributed by atoms with van der Waals surface area (Å²) in [6, 6.07) is 12.7. The van der Waals surface area contributed by atoms with Crippen molar-refractivity contribution in [2.24, 2.45) is 5.92 Å². The van der Waals surface area contributed by atoms with Crippen molar-refractivity contribution in [1.29, 1.82) is 0 Å². The van der Waals surface area contributed by atoms with E-state index in [4.69, 9.17) is 4.74 Å². The van der Waals surface area contributed by atoms with Crippen LogP contribution in [0, 0.1) is 5.92 Å². The number of hydrogen-bond donors (Lipinski definition) is 1. The monoisotopic (exact) mass is 380 g/mol. The SMILES string of the molecule is COc1ccccc1-c1ccc(N2CCCC(NCC3CCCCC3)C2)nn1. The average molecular weight is 381 g/mol. The number of nitrogens with one attached hydrogen (secondary N) is 1. The van der Waals surface area contributed by atoms with Crippen LogP contribution in [-0.4, -0.2) is 43.0 Å². The van der Waals surface area contributed by atoms with Gasteiger partial charge in [-0.25, -0.2) is 0 Å². The molecule has 1 saturated carbocycles. The van der Waals surface area contributed by atoms with Crippen molar-refractivity contribution < 1.29 is 4.74 Å². The summed E-state index contributed by atoms with van der Waals surface area (Å²) in [4.78, 5) is 2.38. The highest BCUT2D eigenvalue weighted by atomic mass is 16.5. The van der Waals surface area contributed by atoms with E-state index in [2.05, 4.69) is 32.5 Å². The predicted molar refractivity (Wildman–Crippen MR) is 114 cm³/mol. The van der Waals surface area contributed by atoms with Crippen LogP contribution < -0.4 is 15.0 Å². The van der Waals surface area contributed by atoms with Crippen molar-refractivity contribution in [1.82, 2.24) is 15.5 Å². The summed E-state index contributed by atoms with van der Waals surface area (Å²) in [5.41, 5.74) is 1.83. The number of benzene rings is 1. The molecule has 2 heterocycles. The Morgan fingerprint density at radius 2 is 1.86 bits per heavy atom. The number of anilines is 1. The first-order valence-electron chi connectivity index (χ1n) is 10.8. The van der Waals surface area contributed by atoms with Gasteiger partial charge in [0.25, 0.3) is 0 Å². The molecule has 0 bridgehead atoms. The smallest absolute Gasteiger partial charge is 0.151 e. The molecule has 0 spiro atoms. The maximum atomic E-state index is 5.45. The first-order chi connectivity index (χ1) is 13.8. The van der Waals surface area contributed by atoms with Gasteiger partial charge >= 0.3 is 0 Å². The zero-order chi connectivity index (χ0) is 19.2. The standard InChI is InChI=1S/C23H32N4O/c1-28-22-12-6-5-11-20(22)21-13-14-23(26-25-21)27-15-7-10-19(17-27)24-16-18-8-3-2-4-9-18/h5-6,11-14,18-19,24H,2-4,7-10,15-17H2,1H3. The summed E-state index contributed by atoms with van der Waals surface area (Å²) in [5, 5.41) is 12.9. The highest BCUT2D eigenvalue weighted by molar-refractivity contribution is 5.67. The Hall–Kier alpha value is -2.14. The molecule has 4 rings (SSSR count). The van der Waals surface area contributed by atoms with Gasteiger partial charge in [-0.05, 0) is 62.4 Å². The molecule has 0 amide bonds. The van der Waals surface area contributed by atoms with Crippen LogP contribution in [0.2, 0.25) is 0 Å². The van der Waals surface area contributed by atoms with Gasteiger partial charge in [0.2, 0.25) is 0 Å². The fourth-order valence-corrected chi connectivity index (χ4v) is 4.57. The quantitative estimate of drug-likeness (QED) is 0.810. The summed E-state index contributed by atoms with van der Waals surface area (Å²) in [6.45, 7) is 3.26. The van der Waals surface area contributed by atoms with Crippen LogP contribution in [0.4, 0.5) is 5.82 Å². The molecule has 2 fully saturated rings. The van der Waals surface area contributed by atoms with Crippen LogP contribution in [0.15, 0.2) is 36.4 Å². The summed E-state index contributed by atoms with van der Waals surface area (Å²) in [6.07, 6.45) is 9.53. The Morgan fingerprint density at radius 3 is 2.64 bits per heavy atom. The van der Waals surface area contributed by atoms with Crippen LogP contribution >= 0.6 is 0 Å². The van der Waals surface area contributed by atoms with Crippen molar-refractivity contribution in [2.75, 3.05) is 31.6 Å². The fraction of sp³-hybridized carbons (Fsp3) is 0.565. The Labute approximate surface area is 168 Å². The minimum Gasteiger partial charge on any atom is -0.496 e. The molecule has 1 unspecified atom stereocenters. The zero-order valence-electron chi connectivity index (χ0n) is 16.9. The lowest BCUT2D eigenvalue weighted by molar-refractivity contribution is 0.314. The molecule has 28 heavy (non-hydrogen) atoms. The Bertz CT molecular complexity index is 743. The number of methoxy groups -OCH3 is 1. The molecule has 1 aliphatic carbocycles. The predicted octanol–water partition coefficient (Wildman–Crippen LogP) is 4.29. The van der Waals surface area contributed by atoms with Crippen molar-refractivity contribution >= 4 is 5.82 Å². The van der Waals surface area contributed by atoms with Crippen molar-refractivity contribution in [3.05, 3.63) is 36.4 Å². The molecule has 1 atom stereocenters. The fourth-order valence-electron chi connectivity index (χ4n) is 4.57. The first kappa shape index (κ1) is 19.2. The Balaban J connectivity index is 1.37. The highest BCUT2D eigenvalue weighted by Gasteiger charge is 2.22. The molecule has 5 heteroatoms. The second-order valence-electron chi connectivity index (χ2n) is 8.17. The second kappa shape index (κ2) is 9.37. The van der Waals surface area contributed by atoms with Crippen molar-refractivity contribution in [3.63, 3.8) is 0 Å². The third-order valence-electron chi connectivity index (χ3n) is 6.20.